The van der Waals surface area contributed by atoms with E-state index in [1.165, 1.54) is 16.8 Å². The van der Waals surface area contributed by atoms with Crippen LogP contribution in [0.25, 0.3) is 0 Å². The van der Waals surface area contributed by atoms with Crippen LogP contribution in [-0.4, -0.2) is 29.6 Å². The number of allylic oxidation sites excluding steroid dienone is 1. The molecule has 0 saturated heterocycles. The van der Waals surface area contributed by atoms with Crippen LogP contribution in [-0.2, 0) is 4.79 Å². The molecule has 4 aliphatic rings. The number of benzene rings is 1. The highest BCUT2D eigenvalue weighted by molar-refractivity contribution is 5.91. The molecule has 3 saturated carbocycles. The van der Waals surface area contributed by atoms with Gasteiger partial charge in [0.2, 0.25) is 0 Å². The Hall–Kier alpha value is -2.05. The fraction of sp³-hybridized carbons (Fsp3) is 0.676. The van der Waals surface area contributed by atoms with Crippen molar-refractivity contribution < 1.29 is 9.90 Å². The van der Waals surface area contributed by atoms with Crippen LogP contribution >= 0.6 is 0 Å². The quantitative estimate of drug-likeness (QED) is 0.447. The van der Waals surface area contributed by atoms with E-state index in [1.807, 2.05) is 6.08 Å². The number of hydrogen-bond acceptors (Lipinski definition) is 3. The molecular formula is C34H47NO2. The van der Waals surface area contributed by atoms with Crippen molar-refractivity contribution in [1.29, 1.82) is 0 Å². The third kappa shape index (κ3) is 4.58. The third-order valence-corrected chi connectivity index (χ3v) is 10.6. The van der Waals surface area contributed by atoms with Crippen molar-refractivity contribution in [2.45, 2.75) is 104 Å². The average Bonchev–Trinajstić information content (AvgIpc) is 3.11. The van der Waals surface area contributed by atoms with Gasteiger partial charge in [-0.15, -0.1) is 0 Å². The van der Waals surface area contributed by atoms with Crippen molar-refractivity contribution in [2.24, 2.45) is 34.5 Å². The first kappa shape index (κ1) is 26.6. The lowest BCUT2D eigenvalue weighted by molar-refractivity contribution is -0.117. The molecule has 3 heteroatoms. The fourth-order valence-corrected chi connectivity index (χ4v) is 8.40. The Morgan fingerprint density at radius 2 is 1.76 bits per heavy atom. The second-order valence-corrected chi connectivity index (χ2v) is 14.1. The second-order valence-electron chi connectivity index (χ2n) is 14.1. The molecule has 200 valence electrons. The first-order valence-electron chi connectivity index (χ1n) is 14.7. The van der Waals surface area contributed by atoms with Gasteiger partial charge < -0.3 is 10.0 Å². The molecule has 1 unspecified atom stereocenters. The molecule has 4 aliphatic carbocycles. The molecule has 0 spiro atoms. The summed E-state index contributed by atoms with van der Waals surface area (Å²) in [5.41, 5.74) is 2.75. The minimum Gasteiger partial charge on any atom is -0.377 e. The van der Waals surface area contributed by atoms with E-state index in [9.17, 15) is 9.90 Å². The third-order valence-electron chi connectivity index (χ3n) is 10.6. The number of rotatable bonds is 3. The van der Waals surface area contributed by atoms with Crippen LogP contribution in [0.5, 0.6) is 0 Å². The highest BCUT2D eigenvalue weighted by atomic mass is 16.3. The molecule has 3 fully saturated rings. The number of ketones is 1. The van der Waals surface area contributed by atoms with Gasteiger partial charge in [0.15, 0.2) is 5.78 Å². The number of carbonyl (C=O) groups is 1. The number of anilines is 1. The minimum atomic E-state index is -0.940. The van der Waals surface area contributed by atoms with Gasteiger partial charge in [-0.1, -0.05) is 36.5 Å². The Balaban J connectivity index is 1.57. The molecule has 0 aliphatic heterocycles. The van der Waals surface area contributed by atoms with Crippen molar-refractivity contribution in [2.75, 3.05) is 11.9 Å². The summed E-state index contributed by atoms with van der Waals surface area (Å²) in [6.45, 7) is 13.2. The lowest BCUT2D eigenvalue weighted by Gasteiger charge is -2.58. The number of aliphatic hydroxyl groups is 1. The summed E-state index contributed by atoms with van der Waals surface area (Å²) in [5, 5.41) is 12.2. The molecule has 3 nitrogen and oxygen atoms in total. The smallest absolute Gasteiger partial charge is 0.155 e. The molecule has 0 bridgehead atoms. The molecular weight excluding hydrogens is 454 g/mol. The molecule has 1 aromatic rings. The van der Waals surface area contributed by atoms with Gasteiger partial charge in [-0.05, 0) is 127 Å². The highest BCUT2D eigenvalue weighted by Gasteiger charge is 2.64. The molecule has 0 radical (unpaired) electrons. The SMILES string of the molecule is CC(C)N(C)c1ccc([C@H]2C[C@@]3(C)[C@@H](CC[C@@]3(O)C#CC(C)(C)C)[C@@H]3CCC4=CC(=O)CCC4[C@H]32)cc1. The van der Waals surface area contributed by atoms with Crippen molar-refractivity contribution in [3.63, 3.8) is 0 Å². The number of hydrogen-bond donors (Lipinski definition) is 1. The minimum absolute atomic E-state index is 0.127. The van der Waals surface area contributed by atoms with E-state index in [0.29, 0.717) is 47.8 Å². The van der Waals surface area contributed by atoms with E-state index in [2.05, 4.69) is 89.6 Å². The van der Waals surface area contributed by atoms with Gasteiger partial charge in [-0.3, -0.25) is 4.79 Å². The number of fused-ring (bicyclic) bond motifs is 5. The summed E-state index contributed by atoms with van der Waals surface area (Å²) < 4.78 is 0. The largest absolute Gasteiger partial charge is 0.377 e. The van der Waals surface area contributed by atoms with Crippen molar-refractivity contribution in [3.8, 4) is 11.8 Å². The van der Waals surface area contributed by atoms with Crippen LogP contribution in [0, 0.1) is 46.3 Å². The normalized spacial score (nSPS) is 37.2. The standard InChI is InChI=1S/C34H47NO2/c1-22(2)35(7)25-11-8-23(9-12-25)29-21-33(6)30(16-17-34(33,37)19-18-32(3,4)5)28-14-10-24-20-26(36)13-15-27(24)31(28)29/h8-9,11-12,20,22,27-31,37H,10,13-17,21H2,1-7H3/t27?,28-,29+,30-,31+,33-,34+/m0/s1. The van der Waals surface area contributed by atoms with E-state index < -0.39 is 5.60 Å². The predicted molar refractivity (Wildman–Crippen MR) is 152 cm³/mol. The van der Waals surface area contributed by atoms with Crippen LogP contribution < -0.4 is 4.90 Å². The van der Waals surface area contributed by atoms with E-state index >= 15 is 0 Å². The van der Waals surface area contributed by atoms with Crippen molar-refractivity contribution >= 4 is 11.5 Å². The second kappa shape index (κ2) is 9.30. The molecule has 0 amide bonds. The zero-order valence-corrected chi connectivity index (χ0v) is 24.1. The van der Waals surface area contributed by atoms with Gasteiger partial charge in [0.25, 0.3) is 0 Å². The Morgan fingerprint density at radius 1 is 1.05 bits per heavy atom. The van der Waals surface area contributed by atoms with Crippen LogP contribution in [0.15, 0.2) is 35.9 Å². The summed E-state index contributed by atoms with van der Waals surface area (Å²) in [4.78, 5) is 14.6. The van der Waals surface area contributed by atoms with Gasteiger partial charge in [0.05, 0.1) is 0 Å². The first-order chi connectivity index (χ1) is 17.3. The van der Waals surface area contributed by atoms with Gasteiger partial charge in [0, 0.05) is 36.0 Å². The number of nitrogens with zero attached hydrogens (tertiary/aromatic N) is 1. The Morgan fingerprint density at radius 3 is 2.41 bits per heavy atom. The van der Waals surface area contributed by atoms with Gasteiger partial charge >= 0.3 is 0 Å². The topological polar surface area (TPSA) is 40.5 Å². The van der Waals surface area contributed by atoms with E-state index in [0.717, 1.165) is 38.5 Å². The highest BCUT2D eigenvalue weighted by Crippen LogP contribution is 2.68. The average molecular weight is 502 g/mol. The van der Waals surface area contributed by atoms with Crippen LogP contribution in [0.2, 0.25) is 0 Å². The van der Waals surface area contributed by atoms with E-state index in [4.69, 9.17) is 0 Å². The first-order valence-corrected chi connectivity index (χ1v) is 14.7. The molecule has 5 rings (SSSR count). The Kier molecular flexibility index (Phi) is 6.68. The van der Waals surface area contributed by atoms with E-state index in [-0.39, 0.29) is 10.8 Å². The van der Waals surface area contributed by atoms with E-state index in [1.54, 1.807) is 0 Å². The maximum absolute atomic E-state index is 12.3. The maximum atomic E-state index is 12.3. The van der Waals surface area contributed by atoms with Gasteiger partial charge in [-0.2, -0.15) is 0 Å². The Labute approximate surface area is 225 Å². The molecule has 0 aromatic heterocycles. The molecule has 0 heterocycles. The van der Waals surface area contributed by atoms with Crippen LogP contribution in [0.1, 0.15) is 98.0 Å². The van der Waals surface area contributed by atoms with Crippen molar-refractivity contribution in [1.82, 2.24) is 0 Å². The monoisotopic (exact) mass is 501 g/mol. The van der Waals surface area contributed by atoms with Gasteiger partial charge in [0.1, 0.15) is 5.60 Å². The lowest BCUT2D eigenvalue weighted by atomic mass is 9.46. The van der Waals surface area contributed by atoms with Crippen LogP contribution in [0.4, 0.5) is 5.69 Å². The summed E-state index contributed by atoms with van der Waals surface area (Å²) in [6, 6.07) is 9.71. The molecule has 1 N–H and O–H groups in total. The predicted octanol–water partition coefficient (Wildman–Crippen LogP) is 7.15. The fourth-order valence-electron chi connectivity index (χ4n) is 8.40. The summed E-state index contributed by atoms with van der Waals surface area (Å²) >= 11 is 0. The van der Waals surface area contributed by atoms with Crippen molar-refractivity contribution in [3.05, 3.63) is 41.5 Å². The maximum Gasteiger partial charge on any atom is 0.155 e. The molecule has 37 heavy (non-hydrogen) atoms. The van der Waals surface area contributed by atoms with Crippen LogP contribution in [0.3, 0.4) is 0 Å². The summed E-state index contributed by atoms with van der Waals surface area (Å²) in [7, 11) is 2.16. The molecule has 1 aromatic carbocycles. The lowest BCUT2D eigenvalue weighted by Crippen LogP contribution is -2.54. The Bertz CT molecular complexity index is 1130. The molecule has 7 atom stereocenters. The summed E-state index contributed by atoms with van der Waals surface area (Å²) in [5.74, 6) is 9.64. The van der Waals surface area contributed by atoms with Gasteiger partial charge in [-0.25, -0.2) is 0 Å². The zero-order chi connectivity index (χ0) is 26.8. The zero-order valence-electron chi connectivity index (χ0n) is 24.1. The number of carbonyl (C=O) groups excluding carboxylic acids is 1. The summed E-state index contributed by atoms with van der Waals surface area (Å²) in [6.07, 6.45) is 8.65.